The summed E-state index contributed by atoms with van der Waals surface area (Å²) in [4.78, 5) is 2.11. The van der Waals surface area contributed by atoms with Gasteiger partial charge in [0.25, 0.3) is 10.0 Å². The van der Waals surface area contributed by atoms with Crippen LogP contribution in [0.2, 0.25) is 0 Å². The van der Waals surface area contributed by atoms with Gasteiger partial charge in [-0.05, 0) is 32.9 Å². The molecule has 0 radical (unpaired) electrons. The van der Waals surface area contributed by atoms with Crippen LogP contribution in [-0.2, 0) is 16.6 Å². The van der Waals surface area contributed by atoms with E-state index in [9.17, 15) is 8.42 Å². The molecule has 8 heteroatoms. The molecule has 1 unspecified atom stereocenters. The average molecular weight is 314 g/mol. The molecule has 0 spiro atoms. The first-order chi connectivity index (χ1) is 9.35. The van der Waals surface area contributed by atoms with Gasteiger partial charge in [-0.1, -0.05) is 0 Å². The van der Waals surface area contributed by atoms with Gasteiger partial charge in [-0.2, -0.15) is 5.10 Å². The average Bonchev–Trinajstić information content (AvgIpc) is 2.95. The molecule has 0 bridgehead atoms. The van der Waals surface area contributed by atoms with Gasteiger partial charge >= 0.3 is 0 Å². The number of thiophene rings is 1. The number of nitrogens with zero attached hydrogens (tertiary/aromatic N) is 1. The Morgan fingerprint density at radius 3 is 2.70 bits per heavy atom. The van der Waals surface area contributed by atoms with Crippen molar-refractivity contribution in [2.75, 3.05) is 0 Å². The van der Waals surface area contributed by atoms with E-state index in [4.69, 9.17) is 5.73 Å². The van der Waals surface area contributed by atoms with Crippen LogP contribution in [-0.4, -0.2) is 18.6 Å². The third-order valence-corrected chi connectivity index (χ3v) is 5.71. The van der Waals surface area contributed by atoms with Crippen molar-refractivity contribution in [3.63, 3.8) is 0 Å². The number of hydrogen-bond donors (Lipinski definition) is 3. The summed E-state index contributed by atoms with van der Waals surface area (Å²) in [6.07, 6.45) is 0. The van der Waals surface area contributed by atoms with Crippen molar-refractivity contribution < 1.29 is 8.42 Å². The molecule has 1 atom stereocenters. The number of H-pyrrole nitrogens is 1. The Kier molecular flexibility index (Phi) is 4.28. The molecule has 2 heterocycles. The van der Waals surface area contributed by atoms with Crippen molar-refractivity contribution in [3.05, 3.63) is 33.1 Å². The monoisotopic (exact) mass is 314 g/mol. The highest BCUT2D eigenvalue weighted by atomic mass is 32.2. The van der Waals surface area contributed by atoms with Gasteiger partial charge in [0.15, 0.2) is 5.03 Å². The zero-order valence-electron chi connectivity index (χ0n) is 11.6. The van der Waals surface area contributed by atoms with E-state index in [1.54, 1.807) is 18.3 Å². The van der Waals surface area contributed by atoms with E-state index >= 15 is 0 Å². The van der Waals surface area contributed by atoms with Gasteiger partial charge < -0.3 is 5.73 Å². The Morgan fingerprint density at radius 2 is 2.15 bits per heavy atom. The van der Waals surface area contributed by atoms with Crippen molar-refractivity contribution >= 4 is 21.4 Å². The van der Waals surface area contributed by atoms with Crippen molar-refractivity contribution in [2.45, 2.75) is 38.4 Å². The van der Waals surface area contributed by atoms with Crippen LogP contribution in [0.25, 0.3) is 0 Å². The van der Waals surface area contributed by atoms with Crippen LogP contribution in [0.4, 0.5) is 0 Å². The number of nitrogens with two attached hydrogens (primary N) is 1. The van der Waals surface area contributed by atoms with Gasteiger partial charge in [-0.3, -0.25) is 5.10 Å². The van der Waals surface area contributed by atoms with Crippen LogP contribution in [0.3, 0.4) is 0 Å². The molecule has 0 saturated carbocycles. The summed E-state index contributed by atoms with van der Waals surface area (Å²) >= 11 is 1.57. The largest absolute Gasteiger partial charge is 0.326 e. The number of nitrogens with one attached hydrogen (secondary N) is 2. The molecule has 4 N–H and O–H groups in total. The van der Waals surface area contributed by atoms with Crippen LogP contribution in [0.15, 0.2) is 17.2 Å². The molecule has 110 valence electrons. The molecule has 0 aliphatic heterocycles. The quantitative estimate of drug-likeness (QED) is 0.780. The number of hydrogen-bond acceptors (Lipinski definition) is 5. The maximum atomic E-state index is 12.4. The third kappa shape index (κ3) is 2.93. The fourth-order valence-corrected chi connectivity index (χ4v) is 4.31. The van der Waals surface area contributed by atoms with Crippen molar-refractivity contribution in [3.8, 4) is 0 Å². The summed E-state index contributed by atoms with van der Waals surface area (Å²) < 4.78 is 27.4. The second-order valence-corrected chi connectivity index (χ2v) is 7.58. The predicted molar refractivity (Wildman–Crippen MR) is 79.0 cm³/mol. The lowest BCUT2D eigenvalue weighted by atomic mass is 10.3. The minimum absolute atomic E-state index is 0.0161. The molecular weight excluding hydrogens is 296 g/mol. The van der Waals surface area contributed by atoms with Gasteiger partial charge in [-0.15, -0.1) is 11.3 Å². The lowest BCUT2D eigenvalue weighted by Gasteiger charge is -2.12. The second kappa shape index (κ2) is 5.65. The maximum absolute atomic E-state index is 12.4. The fourth-order valence-electron chi connectivity index (χ4n) is 1.93. The molecule has 0 amide bonds. The lowest BCUT2D eigenvalue weighted by Crippen LogP contribution is -2.27. The van der Waals surface area contributed by atoms with E-state index in [2.05, 4.69) is 14.9 Å². The van der Waals surface area contributed by atoms with Gasteiger partial charge in [0.2, 0.25) is 0 Å². The van der Waals surface area contributed by atoms with E-state index in [0.29, 0.717) is 11.3 Å². The molecule has 0 fully saturated rings. The summed E-state index contributed by atoms with van der Waals surface area (Å²) in [5, 5.41) is 6.51. The Bertz CT molecular complexity index is 703. The number of aromatic amines is 1. The molecule has 0 aromatic carbocycles. The van der Waals surface area contributed by atoms with Crippen LogP contribution in [0.1, 0.15) is 34.0 Å². The zero-order chi connectivity index (χ0) is 14.9. The van der Waals surface area contributed by atoms with E-state index in [1.807, 2.05) is 26.0 Å². The van der Waals surface area contributed by atoms with Gasteiger partial charge in [0.1, 0.15) is 0 Å². The van der Waals surface area contributed by atoms with Gasteiger partial charge in [-0.25, -0.2) is 13.1 Å². The smallest absolute Gasteiger partial charge is 0.260 e. The fraction of sp³-hybridized carbons (Fsp3) is 0.417. The summed E-state index contributed by atoms with van der Waals surface area (Å²) in [6.45, 7) is 5.68. The predicted octanol–water partition coefficient (Wildman–Crippen LogP) is 1.59. The van der Waals surface area contributed by atoms with Crippen LogP contribution in [0.5, 0.6) is 0 Å². The third-order valence-electron chi connectivity index (χ3n) is 3.01. The van der Waals surface area contributed by atoms with Crippen LogP contribution >= 0.6 is 11.3 Å². The van der Waals surface area contributed by atoms with Gasteiger partial charge in [0.05, 0.1) is 6.04 Å². The standard InChI is InChI=1S/C12H18N4O2S2/c1-7-4-5-11(19-7)9(3)16-20(17,18)12-10(6-13)8(2)14-15-12/h4-5,9,16H,6,13H2,1-3H3,(H,14,15). The zero-order valence-corrected chi connectivity index (χ0v) is 13.2. The molecule has 0 aliphatic carbocycles. The first kappa shape index (κ1) is 15.2. The highest BCUT2D eigenvalue weighted by molar-refractivity contribution is 7.89. The van der Waals surface area contributed by atoms with E-state index in [-0.39, 0.29) is 17.6 Å². The molecule has 2 aromatic heterocycles. The molecule has 6 nitrogen and oxygen atoms in total. The first-order valence-electron chi connectivity index (χ1n) is 6.17. The Labute approximate surface area is 122 Å². The molecule has 0 saturated heterocycles. The van der Waals surface area contributed by atoms with Crippen molar-refractivity contribution in [1.29, 1.82) is 0 Å². The van der Waals surface area contributed by atoms with Crippen LogP contribution in [0, 0.1) is 13.8 Å². The van der Waals surface area contributed by atoms with E-state index < -0.39 is 10.0 Å². The minimum Gasteiger partial charge on any atom is -0.326 e. The Morgan fingerprint density at radius 1 is 1.45 bits per heavy atom. The van der Waals surface area contributed by atoms with E-state index in [1.165, 1.54) is 0 Å². The number of aromatic nitrogens is 2. The maximum Gasteiger partial charge on any atom is 0.260 e. The normalized spacial score (nSPS) is 13.6. The molecule has 20 heavy (non-hydrogen) atoms. The Hall–Kier alpha value is -1.22. The summed E-state index contributed by atoms with van der Waals surface area (Å²) in [5.74, 6) is 0. The van der Waals surface area contributed by atoms with Crippen molar-refractivity contribution in [1.82, 2.24) is 14.9 Å². The number of rotatable bonds is 5. The van der Waals surface area contributed by atoms with Crippen molar-refractivity contribution in [2.24, 2.45) is 5.73 Å². The number of aryl methyl sites for hydroxylation is 2. The van der Waals surface area contributed by atoms with Gasteiger partial charge in [0, 0.05) is 27.6 Å². The van der Waals surface area contributed by atoms with E-state index in [0.717, 1.165) is 9.75 Å². The summed E-state index contributed by atoms with van der Waals surface area (Å²) in [6, 6.07) is 3.59. The highest BCUT2D eigenvalue weighted by Gasteiger charge is 2.25. The second-order valence-electron chi connectivity index (χ2n) is 4.63. The van der Waals surface area contributed by atoms with Crippen LogP contribution < -0.4 is 10.5 Å². The summed E-state index contributed by atoms with van der Waals surface area (Å²) in [7, 11) is -3.69. The number of sulfonamides is 1. The molecule has 2 rings (SSSR count). The minimum atomic E-state index is -3.69. The molecule has 0 aliphatic rings. The topological polar surface area (TPSA) is 101 Å². The first-order valence-corrected chi connectivity index (χ1v) is 8.47. The lowest BCUT2D eigenvalue weighted by molar-refractivity contribution is 0.563. The highest BCUT2D eigenvalue weighted by Crippen LogP contribution is 2.24. The summed E-state index contributed by atoms with van der Waals surface area (Å²) in [5.41, 5.74) is 6.78. The Balaban J connectivity index is 2.27. The molecule has 2 aromatic rings. The SMILES string of the molecule is Cc1ccc(C(C)NS(=O)(=O)c2n[nH]c(C)c2CN)s1. The molecular formula is C12H18N4O2S2.